The molecule has 1 aromatic rings. The van der Waals surface area contributed by atoms with Gasteiger partial charge in [-0.05, 0) is 38.3 Å². The van der Waals surface area contributed by atoms with Crippen molar-refractivity contribution in [2.24, 2.45) is 7.05 Å². The van der Waals surface area contributed by atoms with E-state index in [9.17, 15) is 4.79 Å². The van der Waals surface area contributed by atoms with Crippen LogP contribution in [0.3, 0.4) is 0 Å². The second-order valence-corrected chi connectivity index (χ2v) is 5.21. The molecular weight excluding hydrogens is 262 g/mol. The summed E-state index contributed by atoms with van der Waals surface area (Å²) in [5.41, 5.74) is 1.43. The third-order valence-corrected chi connectivity index (χ3v) is 3.50. The highest BCUT2D eigenvalue weighted by molar-refractivity contribution is 7.98. The molecule has 6 heteroatoms. The van der Waals surface area contributed by atoms with Gasteiger partial charge in [-0.2, -0.15) is 16.9 Å². The predicted molar refractivity (Wildman–Crippen MR) is 78.5 cm³/mol. The molecule has 19 heavy (non-hydrogen) atoms. The summed E-state index contributed by atoms with van der Waals surface area (Å²) < 4.78 is 6.74. The van der Waals surface area contributed by atoms with Crippen molar-refractivity contribution in [2.45, 2.75) is 26.3 Å². The Morgan fingerprint density at radius 2 is 2.32 bits per heavy atom. The number of nitrogens with zero attached hydrogens (tertiary/aromatic N) is 2. The van der Waals surface area contributed by atoms with Crippen molar-refractivity contribution >= 4 is 17.7 Å². The molecule has 1 aromatic heterocycles. The molecule has 1 N–H and O–H groups in total. The van der Waals surface area contributed by atoms with Gasteiger partial charge in [-0.25, -0.2) is 4.79 Å². The summed E-state index contributed by atoms with van der Waals surface area (Å²) in [6, 6.07) is 0. The highest BCUT2D eigenvalue weighted by Crippen LogP contribution is 2.09. The largest absolute Gasteiger partial charge is 0.462 e. The molecular formula is C13H23N3O2S. The van der Waals surface area contributed by atoms with Crippen molar-refractivity contribution in [3.05, 3.63) is 17.5 Å². The van der Waals surface area contributed by atoms with E-state index >= 15 is 0 Å². The lowest BCUT2D eigenvalue weighted by molar-refractivity contribution is 0.0524. The first-order chi connectivity index (χ1) is 9.20. The molecule has 0 aliphatic rings. The average Bonchev–Trinajstić information content (AvgIpc) is 2.76. The molecule has 1 rings (SSSR count). The number of hydrogen-bond acceptors (Lipinski definition) is 5. The van der Waals surface area contributed by atoms with Gasteiger partial charge in [-0.15, -0.1) is 0 Å². The lowest BCUT2D eigenvalue weighted by atomic mass is 10.2. The Balaban J connectivity index is 2.44. The van der Waals surface area contributed by atoms with Gasteiger partial charge < -0.3 is 10.1 Å². The van der Waals surface area contributed by atoms with E-state index in [1.807, 2.05) is 18.8 Å². The Bertz CT molecular complexity index is 393. The van der Waals surface area contributed by atoms with Crippen LogP contribution >= 0.6 is 11.8 Å². The summed E-state index contributed by atoms with van der Waals surface area (Å²) in [4.78, 5) is 11.7. The zero-order chi connectivity index (χ0) is 14.1. The van der Waals surface area contributed by atoms with Crippen molar-refractivity contribution in [3.8, 4) is 0 Å². The van der Waals surface area contributed by atoms with Gasteiger partial charge in [0.25, 0.3) is 0 Å². The highest BCUT2D eigenvalue weighted by atomic mass is 32.2. The molecule has 0 saturated heterocycles. The summed E-state index contributed by atoms with van der Waals surface area (Å²) >= 11 is 1.87. The number of hydrogen-bond donors (Lipinski definition) is 1. The standard InChI is InChI=1S/C13H23N3O2S/c1-4-18-13(17)11-9-15-16(2)12(11)10-14-7-5-6-8-19-3/h9,14H,4-8,10H2,1-3H3. The topological polar surface area (TPSA) is 56.1 Å². The van der Waals surface area contributed by atoms with Crippen molar-refractivity contribution in [1.82, 2.24) is 15.1 Å². The average molecular weight is 285 g/mol. The maximum atomic E-state index is 11.7. The molecule has 5 nitrogen and oxygen atoms in total. The van der Waals surface area contributed by atoms with Crippen molar-refractivity contribution in [2.75, 3.05) is 25.2 Å². The van der Waals surface area contributed by atoms with Crippen molar-refractivity contribution < 1.29 is 9.53 Å². The van der Waals surface area contributed by atoms with E-state index in [0.717, 1.165) is 18.7 Å². The second kappa shape index (κ2) is 8.98. The molecule has 0 bridgehead atoms. The number of ether oxygens (including phenoxy) is 1. The molecule has 1 heterocycles. The summed E-state index contributed by atoms with van der Waals surface area (Å²) in [5, 5.41) is 7.47. The Hall–Kier alpha value is -1.01. The minimum atomic E-state index is -0.296. The zero-order valence-corrected chi connectivity index (χ0v) is 12.8. The van der Waals surface area contributed by atoms with Crippen molar-refractivity contribution in [3.63, 3.8) is 0 Å². The summed E-state index contributed by atoms with van der Waals surface area (Å²) in [7, 11) is 1.84. The summed E-state index contributed by atoms with van der Waals surface area (Å²) in [6.45, 7) is 3.78. The third-order valence-electron chi connectivity index (χ3n) is 2.80. The van der Waals surface area contributed by atoms with E-state index < -0.39 is 0 Å². The molecule has 0 aliphatic heterocycles. The monoisotopic (exact) mass is 285 g/mol. The normalized spacial score (nSPS) is 10.7. The first-order valence-electron chi connectivity index (χ1n) is 6.58. The molecule has 0 fully saturated rings. The lowest BCUT2D eigenvalue weighted by Gasteiger charge is -2.07. The van der Waals surface area contributed by atoms with Gasteiger partial charge in [0.1, 0.15) is 5.56 Å². The van der Waals surface area contributed by atoms with Gasteiger partial charge in [0.05, 0.1) is 18.5 Å². The smallest absolute Gasteiger partial charge is 0.341 e. The number of rotatable bonds is 9. The SMILES string of the molecule is CCOC(=O)c1cnn(C)c1CNCCCCSC. The van der Waals surface area contributed by atoms with E-state index in [1.54, 1.807) is 17.8 Å². The lowest BCUT2D eigenvalue weighted by Crippen LogP contribution is -2.19. The zero-order valence-electron chi connectivity index (χ0n) is 11.9. The number of carbonyl (C=O) groups is 1. The van der Waals surface area contributed by atoms with Crippen LogP contribution in [0.2, 0.25) is 0 Å². The molecule has 0 aromatic carbocycles. The van der Waals surface area contributed by atoms with Gasteiger partial charge in [0, 0.05) is 13.6 Å². The fourth-order valence-corrected chi connectivity index (χ4v) is 2.25. The molecule has 0 atom stereocenters. The van der Waals surface area contributed by atoms with Crippen LogP contribution < -0.4 is 5.32 Å². The molecule has 0 aliphatic carbocycles. The number of aryl methyl sites for hydroxylation is 1. The predicted octanol–water partition coefficient (Wildman–Crippen LogP) is 1.83. The quantitative estimate of drug-likeness (QED) is 0.554. The fourth-order valence-electron chi connectivity index (χ4n) is 1.76. The van der Waals surface area contributed by atoms with Crippen LogP contribution in [-0.4, -0.2) is 40.9 Å². The molecule has 108 valence electrons. The number of unbranched alkanes of at least 4 members (excludes halogenated alkanes) is 1. The van der Waals surface area contributed by atoms with Crippen LogP contribution in [0.1, 0.15) is 35.8 Å². The highest BCUT2D eigenvalue weighted by Gasteiger charge is 2.16. The maximum Gasteiger partial charge on any atom is 0.341 e. The van der Waals surface area contributed by atoms with Gasteiger partial charge in [0.2, 0.25) is 0 Å². The molecule has 0 amide bonds. The maximum absolute atomic E-state index is 11.7. The van der Waals surface area contributed by atoms with Crippen LogP contribution in [0.4, 0.5) is 0 Å². The molecule has 0 spiro atoms. The minimum absolute atomic E-state index is 0.296. The van der Waals surface area contributed by atoms with Gasteiger partial charge >= 0.3 is 5.97 Å². The van der Waals surface area contributed by atoms with Crippen LogP contribution in [0.25, 0.3) is 0 Å². The summed E-state index contributed by atoms with van der Waals surface area (Å²) in [6.07, 6.45) is 6.05. The van der Waals surface area contributed by atoms with E-state index in [4.69, 9.17) is 4.74 Å². The number of aromatic nitrogens is 2. The third kappa shape index (κ3) is 5.24. The Morgan fingerprint density at radius 1 is 1.53 bits per heavy atom. The van der Waals surface area contributed by atoms with Gasteiger partial charge in [-0.3, -0.25) is 4.68 Å². The van der Waals surface area contributed by atoms with E-state index in [0.29, 0.717) is 18.7 Å². The number of nitrogens with one attached hydrogen (secondary N) is 1. The van der Waals surface area contributed by atoms with Crippen LogP contribution in [0, 0.1) is 0 Å². The number of carbonyl (C=O) groups excluding carboxylic acids is 1. The number of esters is 1. The van der Waals surface area contributed by atoms with E-state index in [2.05, 4.69) is 16.7 Å². The van der Waals surface area contributed by atoms with E-state index in [-0.39, 0.29) is 5.97 Å². The van der Waals surface area contributed by atoms with Crippen molar-refractivity contribution in [1.29, 1.82) is 0 Å². The Kier molecular flexibility index (Phi) is 7.59. The molecule has 0 unspecified atom stereocenters. The second-order valence-electron chi connectivity index (χ2n) is 4.23. The molecule has 0 radical (unpaired) electrons. The van der Waals surface area contributed by atoms with Crippen LogP contribution in [0.5, 0.6) is 0 Å². The first kappa shape index (κ1) is 16.0. The van der Waals surface area contributed by atoms with Gasteiger partial charge in [0.15, 0.2) is 0 Å². The molecule has 0 saturated carbocycles. The Labute approximate surface area is 119 Å². The van der Waals surface area contributed by atoms with Gasteiger partial charge in [-0.1, -0.05) is 0 Å². The van der Waals surface area contributed by atoms with Crippen LogP contribution in [-0.2, 0) is 18.3 Å². The van der Waals surface area contributed by atoms with Crippen LogP contribution in [0.15, 0.2) is 6.20 Å². The number of thioether (sulfide) groups is 1. The Morgan fingerprint density at radius 3 is 3.00 bits per heavy atom. The fraction of sp³-hybridized carbons (Fsp3) is 0.692. The summed E-state index contributed by atoms with van der Waals surface area (Å²) in [5.74, 6) is 0.899. The first-order valence-corrected chi connectivity index (χ1v) is 7.97. The minimum Gasteiger partial charge on any atom is -0.462 e. The van der Waals surface area contributed by atoms with E-state index in [1.165, 1.54) is 12.2 Å².